The fourth-order valence-electron chi connectivity index (χ4n) is 5.35. The van der Waals surface area contributed by atoms with Crippen LogP contribution < -0.4 is 5.32 Å². The Morgan fingerprint density at radius 2 is 1.77 bits per heavy atom. The number of carbonyl (C=O) groups excluding carboxylic acids is 2. The molecule has 1 aliphatic carbocycles. The van der Waals surface area contributed by atoms with Crippen LogP contribution in [-0.2, 0) is 4.79 Å². The van der Waals surface area contributed by atoms with Gasteiger partial charge in [-0.1, -0.05) is 55.7 Å². The maximum Gasteiger partial charge on any atom is 0.254 e. The zero-order chi connectivity index (χ0) is 21.8. The van der Waals surface area contributed by atoms with Crippen molar-refractivity contribution in [2.24, 2.45) is 5.92 Å². The summed E-state index contributed by atoms with van der Waals surface area (Å²) in [6.07, 6.45) is 7.73. The van der Waals surface area contributed by atoms with Crippen molar-refractivity contribution in [3.8, 4) is 0 Å². The van der Waals surface area contributed by atoms with Crippen molar-refractivity contribution in [1.29, 1.82) is 0 Å². The summed E-state index contributed by atoms with van der Waals surface area (Å²) >= 11 is 0. The molecule has 1 atom stereocenters. The van der Waals surface area contributed by atoms with Gasteiger partial charge >= 0.3 is 0 Å². The van der Waals surface area contributed by atoms with E-state index in [0.717, 1.165) is 42.0 Å². The van der Waals surface area contributed by atoms with E-state index in [1.165, 1.54) is 19.3 Å². The first-order valence-electron chi connectivity index (χ1n) is 11.7. The first-order valence-corrected chi connectivity index (χ1v) is 11.7. The highest BCUT2D eigenvalue weighted by atomic mass is 16.2. The molecule has 2 aliphatic rings. The van der Waals surface area contributed by atoms with Crippen LogP contribution in [0.3, 0.4) is 0 Å². The molecule has 2 aromatic rings. The SMILES string of the molecule is CN(C)C1(CNC(=O)C2CCCN(C(=O)c3cccc4ccccc34)C2)CCCCC1. The lowest BCUT2D eigenvalue weighted by atomic mass is 9.80. The van der Waals surface area contributed by atoms with Crippen molar-refractivity contribution >= 4 is 22.6 Å². The van der Waals surface area contributed by atoms with E-state index >= 15 is 0 Å². The Bertz CT molecular complexity index is 928. The van der Waals surface area contributed by atoms with E-state index < -0.39 is 0 Å². The molecule has 0 spiro atoms. The minimum atomic E-state index is -0.129. The summed E-state index contributed by atoms with van der Waals surface area (Å²) in [7, 11) is 4.26. The number of likely N-dealkylation sites (tertiary alicyclic amines) is 1. The lowest BCUT2D eigenvalue weighted by Crippen LogP contribution is -2.55. The Hall–Kier alpha value is -2.40. The van der Waals surface area contributed by atoms with Crippen molar-refractivity contribution in [2.45, 2.75) is 50.5 Å². The Labute approximate surface area is 185 Å². The molecule has 166 valence electrons. The number of hydrogen-bond acceptors (Lipinski definition) is 3. The van der Waals surface area contributed by atoms with Crippen LogP contribution in [0.25, 0.3) is 10.8 Å². The van der Waals surface area contributed by atoms with Gasteiger partial charge in [0.1, 0.15) is 0 Å². The number of hydrogen-bond donors (Lipinski definition) is 1. The van der Waals surface area contributed by atoms with Gasteiger partial charge in [0.2, 0.25) is 5.91 Å². The number of nitrogens with one attached hydrogen (secondary N) is 1. The molecule has 1 heterocycles. The molecule has 0 aromatic heterocycles. The molecule has 5 heteroatoms. The van der Waals surface area contributed by atoms with Crippen LogP contribution in [-0.4, -0.2) is 60.9 Å². The van der Waals surface area contributed by atoms with Gasteiger partial charge in [-0.25, -0.2) is 0 Å². The largest absolute Gasteiger partial charge is 0.354 e. The van der Waals surface area contributed by atoms with E-state index in [2.05, 4.69) is 24.3 Å². The standard InChI is InChI=1S/C26H35N3O2/c1-28(2)26(15-6-3-7-16-26)19-27-24(30)21-12-9-17-29(18-21)25(31)23-14-8-11-20-10-4-5-13-22(20)23/h4-5,8,10-11,13-14,21H,3,6-7,9,12,15-19H2,1-2H3,(H,27,30). The third kappa shape index (κ3) is 4.62. The maximum absolute atomic E-state index is 13.3. The van der Waals surface area contributed by atoms with Gasteiger partial charge in [-0.15, -0.1) is 0 Å². The Kier molecular flexibility index (Phi) is 6.61. The summed E-state index contributed by atoms with van der Waals surface area (Å²) < 4.78 is 0. The zero-order valence-electron chi connectivity index (χ0n) is 18.9. The molecule has 2 fully saturated rings. The van der Waals surface area contributed by atoms with E-state index in [4.69, 9.17) is 0 Å². The molecule has 2 amide bonds. The van der Waals surface area contributed by atoms with Crippen molar-refractivity contribution in [1.82, 2.24) is 15.1 Å². The lowest BCUT2D eigenvalue weighted by molar-refractivity contribution is -0.127. The van der Waals surface area contributed by atoms with E-state index in [1.54, 1.807) is 0 Å². The van der Waals surface area contributed by atoms with Crippen molar-refractivity contribution in [3.05, 3.63) is 48.0 Å². The number of carbonyl (C=O) groups is 2. The fourth-order valence-corrected chi connectivity index (χ4v) is 5.35. The molecule has 1 saturated carbocycles. The second kappa shape index (κ2) is 9.39. The smallest absolute Gasteiger partial charge is 0.254 e. The van der Waals surface area contributed by atoms with Gasteiger partial charge in [-0.05, 0) is 56.6 Å². The maximum atomic E-state index is 13.3. The Balaban J connectivity index is 1.42. The molecule has 5 nitrogen and oxygen atoms in total. The summed E-state index contributed by atoms with van der Waals surface area (Å²) in [6, 6.07) is 13.9. The van der Waals surface area contributed by atoms with Gasteiger partial charge in [-0.2, -0.15) is 0 Å². The van der Waals surface area contributed by atoms with Gasteiger partial charge in [0.05, 0.1) is 5.92 Å². The molecular weight excluding hydrogens is 386 g/mol. The van der Waals surface area contributed by atoms with E-state index in [-0.39, 0.29) is 23.3 Å². The molecule has 1 saturated heterocycles. The Morgan fingerprint density at radius 1 is 1.03 bits per heavy atom. The predicted octanol–water partition coefficient (Wildman–Crippen LogP) is 4.07. The predicted molar refractivity (Wildman–Crippen MR) is 125 cm³/mol. The molecule has 1 unspecified atom stereocenters. The van der Waals surface area contributed by atoms with Crippen LogP contribution in [0, 0.1) is 5.92 Å². The van der Waals surface area contributed by atoms with Gasteiger partial charge in [-0.3, -0.25) is 9.59 Å². The first kappa shape index (κ1) is 21.8. The molecule has 2 aromatic carbocycles. The second-order valence-electron chi connectivity index (χ2n) is 9.51. The fraction of sp³-hybridized carbons (Fsp3) is 0.538. The Morgan fingerprint density at radius 3 is 2.55 bits per heavy atom. The van der Waals surface area contributed by atoms with Gasteiger partial charge in [0.15, 0.2) is 0 Å². The van der Waals surface area contributed by atoms with Crippen LogP contribution in [0.4, 0.5) is 0 Å². The van der Waals surface area contributed by atoms with Crippen LogP contribution in [0.1, 0.15) is 55.3 Å². The number of fused-ring (bicyclic) bond motifs is 1. The van der Waals surface area contributed by atoms with Crippen molar-refractivity contribution in [2.75, 3.05) is 33.7 Å². The van der Waals surface area contributed by atoms with E-state index in [1.807, 2.05) is 47.4 Å². The molecule has 0 bridgehead atoms. The normalized spacial score (nSPS) is 21.3. The van der Waals surface area contributed by atoms with Crippen molar-refractivity contribution in [3.63, 3.8) is 0 Å². The van der Waals surface area contributed by atoms with Gasteiger partial charge in [0.25, 0.3) is 5.91 Å². The number of benzene rings is 2. The second-order valence-corrected chi connectivity index (χ2v) is 9.51. The molecule has 31 heavy (non-hydrogen) atoms. The first-order chi connectivity index (χ1) is 15.0. The van der Waals surface area contributed by atoms with Crippen LogP contribution in [0.2, 0.25) is 0 Å². The number of likely N-dealkylation sites (N-methyl/N-ethyl adjacent to an activating group) is 1. The minimum Gasteiger partial charge on any atom is -0.354 e. The summed E-state index contributed by atoms with van der Waals surface area (Å²) in [4.78, 5) is 30.5. The van der Waals surface area contributed by atoms with E-state index in [0.29, 0.717) is 19.6 Å². The molecule has 4 rings (SSSR count). The average molecular weight is 422 g/mol. The lowest BCUT2D eigenvalue weighted by Gasteiger charge is -2.43. The third-order valence-electron chi connectivity index (χ3n) is 7.42. The highest BCUT2D eigenvalue weighted by Crippen LogP contribution is 2.32. The minimum absolute atomic E-state index is 0.0337. The number of amides is 2. The summed E-state index contributed by atoms with van der Waals surface area (Å²) in [5.74, 6) is 0.00374. The van der Waals surface area contributed by atoms with Crippen LogP contribution >= 0.6 is 0 Å². The molecule has 0 radical (unpaired) electrons. The van der Waals surface area contributed by atoms with Crippen LogP contribution in [0.5, 0.6) is 0 Å². The van der Waals surface area contributed by atoms with Crippen LogP contribution in [0.15, 0.2) is 42.5 Å². The van der Waals surface area contributed by atoms with E-state index in [9.17, 15) is 9.59 Å². The van der Waals surface area contributed by atoms with Gasteiger partial charge in [0, 0.05) is 30.7 Å². The van der Waals surface area contributed by atoms with Crippen molar-refractivity contribution < 1.29 is 9.59 Å². The topological polar surface area (TPSA) is 52.7 Å². The summed E-state index contributed by atoms with van der Waals surface area (Å²) in [5, 5.41) is 5.30. The quantitative estimate of drug-likeness (QED) is 0.792. The average Bonchev–Trinajstić information content (AvgIpc) is 2.82. The molecule has 1 aliphatic heterocycles. The highest BCUT2D eigenvalue weighted by Gasteiger charge is 2.36. The summed E-state index contributed by atoms with van der Waals surface area (Å²) in [5.41, 5.74) is 0.800. The number of rotatable bonds is 5. The zero-order valence-corrected chi connectivity index (χ0v) is 18.9. The summed E-state index contributed by atoms with van der Waals surface area (Å²) in [6.45, 7) is 1.92. The molecular formula is C26H35N3O2. The molecule has 1 N–H and O–H groups in total. The number of piperidine rings is 1. The van der Waals surface area contributed by atoms with Gasteiger partial charge < -0.3 is 15.1 Å². The monoisotopic (exact) mass is 421 g/mol. The third-order valence-corrected chi connectivity index (χ3v) is 7.42. The highest BCUT2D eigenvalue weighted by molar-refractivity contribution is 6.07. The number of nitrogens with zero attached hydrogens (tertiary/aromatic N) is 2.